The van der Waals surface area contributed by atoms with E-state index in [9.17, 15) is 14.7 Å². The van der Waals surface area contributed by atoms with Gasteiger partial charge in [-0.1, -0.05) is 26.8 Å². The quantitative estimate of drug-likeness (QED) is 0.617. The minimum absolute atomic E-state index is 0.0674. The Labute approximate surface area is 193 Å². The number of aliphatic hydroxyl groups excluding tert-OH is 1. The van der Waals surface area contributed by atoms with Gasteiger partial charge in [0.25, 0.3) is 5.91 Å². The fourth-order valence-electron chi connectivity index (χ4n) is 7.74. The van der Waals surface area contributed by atoms with E-state index in [1.165, 1.54) is 12.2 Å². The minimum atomic E-state index is -2.21. The Balaban J connectivity index is 0.00000126. The first-order chi connectivity index (χ1) is 15.2. The number of hydrogen-bond acceptors (Lipinski definition) is 5. The Kier molecular flexibility index (Phi) is 5.33. The molecule has 0 radical (unpaired) electrons. The standard InChI is InChI=1S/C23H29F2NO5.C2H6/c1-19(2)30-17-9-12-13-8-15(24)14-7-11(27)5-6-20(14,3)22(13,25)16(28)10-21(12,4)23(17,31-19)18(26)29;1-2/h5-7,12-13,15-17,28H,8-10H2,1-4H3,(H2,26,29);1-2H3/t12?,13?,15-,16?,17+,20?,21?,22-,23?;/m0./s1. The van der Waals surface area contributed by atoms with Crippen LogP contribution in [0.2, 0.25) is 0 Å². The largest absolute Gasteiger partial charge is 0.390 e. The van der Waals surface area contributed by atoms with Crippen molar-refractivity contribution >= 4 is 11.7 Å². The predicted molar refractivity (Wildman–Crippen MR) is 117 cm³/mol. The molecule has 1 heterocycles. The third-order valence-corrected chi connectivity index (χ3v) is 8.99. The second-order valence-electron chi connectivity index (χ2n) is 10.8. The van der Waals surface area contributed by atoms with E-state index in [1.807, 2.05) is 13.8 Å². The van der Waals surface area contributed by atoms with E-state index in [1.54, 1.807) is 27.7 Å². The third-order valence-electron chi connectivity index (χ3n) is 8.99. The zero-order chi connectivity index (χ0) is 24.8. The molecule has 6 unspecified atom stereocenters. The van der Waals surface area contributed by atoms with Crippen LogP contribution in [0.15, 0.2) is 23.8 Å². The average Bonchev–Trinajstić information content (AvgIpc) is 3.14. The van der Waals surface area contributed by atoms with Crippen LogP contribution in [0.4, 0.5) is 8.78 Å². The number of amides is 1. The van der Waals surface area contributed by atoms with Crippen LogP contribution in [-0.2, 0) is 19.1 Å². The summed E-state index contributed by atoms with van der Waals surface area (Å²) in [5, 5.41) is 11.3. The van der Waals surface area contributed by atoms with Crippen LogP contribution in [0.25, 0.3) is 0 Å². The minimum Gasteiger partial charge on any atom is -0.390 e. The Hall–Kier alpha value is -1.64. The van der Waals surface area contributed by atoms with Crippen molar-refractivity contribution in [3.8, 4) is 0 Å². The number of carbonyl (C=O) groups is 2. The van der Waals surface area contributed by atoms with Crippen LogP contribution >= 0.6 is 0 Å². The van der Waals surface area contributed by atoms with Crippen molar-refractivity contribution < 1.29 is 33.0 Å². The van der Waals surface area contributed by atoms with Gasteiger partial charge in [-0.05, 0) is 63.7 Å². The summed E-state index contributed by atoms with van der Waals surface area (Å²) in [7, 11) is 0. The number of fused-ring (bicyclic) bond motifs is 7. The molecule has 3 saturated carbocycles. The number of ether oxygens (including phenoxy) is 2. The Morgan fingerprint density at radius 1 is 1.18 bits per heavy atom. The summed E-state index contributed by atoms with van der Waals surface area (Å²) in [6.45, 7) is 10.7. The van der Waals surface area contributed by atoms with Crippen LogP contribution in [0.5, 0.6) is 0 Å². The molecule has 8 heteroatoms. The maximum atomic E-state index is 17.1. The van der Waals surface area contributed by atoms with E-state index in [2.05, 4.69) is 0 Å². The summed E-state index contributed by atoms with van der Waals surface area (Å²) in [5.41, 5.74) is -0.334. The number of allylic oxidation sites excluding steroid dienone is 4. The normalized spacial score (nSPS) is 51.4. The SMILES string of the molecule is CC.CC1(C)O[C@@H]2CC3C4C[C@H](F)C5=CC(=O)C=CC5(C)[C@@]4(F)C(O)CC3(C)C2(C(N)=O)O1. The zero-order valence-electron chi connectivity index (χ0n) is 20.2. The van der Waals surface area contributed by atoms with Gasteiger partial charge >= 0.3 is 0 Å². The summed E-state index contributed by atoms with van der Waals surface area (Å²) >= 11 is 0. The van der Waals surface area contributed by atoms with Crippen molar-refractivity contribution in [3.05, 3.63) is 23.8 Å². The lowest BCUT2D eigenvalue weighted by atomic mass is 9.44. The van der Waals surface area contributed by atoms with Crippen molar-refractivity contribution in [2.75, 3.05) is 0 Å². The van der Waals surface area contributed by atoms with Gasteiger partial charge in [-0.15, -0.1) is 0 Å². The number of carbonyl (C=O) groups excluding carboxylic acids is 2. The van der Waals surface area contributed by atoms with Crippen molar-refractivity contribution in [3.63, 3.8) is 0 Å². The molecule has 4 aliphatic carbocycles. The summed E-state index contributed by atoms with van der Waals surface area (Å²) in [6, 6.07) is 0. The van der Waals surface area contributed by atoms with E-state index < -0.39 is 64.0 Å². The maximum absolute atomic E-state index is 17.1. The molecule has 1 aliphatic heterocycles. The molecular formula is C25H35F2NO5. The van der Waals surface area contributed by atoms with Gasteiger partial charge in [-0.25, -0.2) is 8.78 Å². The van der Waals surface area contributed by atoms with E-state index in [0.717, 1.165) is 6.08 Å². The topological polar surface area (TPSA) is 98.9 Å². The number of nitrogens with two attached hydrogens (primary N) is 1. The highest BCUT2D eigenvalue weighted by Gasteiger charge is 2.80. The van der Waals surface area contributed by atoms with Crippen LogP contribution < -0.4 is 5.73 Å². The number of rotatable bonds is 1. The molecule has 0 aromatic heterocycles. The number of primary amides is 1. The number of aliphatic hydroxyl groups is 1. The molecule has 0 aromatic carbocycles. The number of alkyl halides is 2. The van der Waals surface area contributed by atoms with Gasteiger partial charge in [0, 0.05) is 16.7 Å². The lowest BCUT2D eigenvalue weighted by molar-refractivity contribution is -0.248. The Morgan fingerprint density at radius 3 is 2.42 bits per heavy atom. The first-order valence-corrected chi connectivity index (χ1v) is 11.9. The molecular weight excluding hydrogens is 432 g/mol. The molecule has 9 atom stereocenters. The van der Waals surface area contributed by atoms with Crippen LogP contribution in [-0.4, -0.2) is 52.2 Å². The van der Waals surface area contributed by atoms with Gasteiger partial charge in [0.05, 0.1) is 12.2 Å². The van der Waals surface area contributed by atoms with Gasteiger partial charge in [0.1, 0.15) is 6.17 Å². The van der Waals surface area contributed by atoms with Crippen molar-refractivity contribution in [2.24, 2.45) is 28.4 Å². The first-order valence-electron chi connectivity index (χ1n) is 11.9. The summed E-state index contributed by atoms with van der Waals surface area (Å²) in [6.07, 6.45) is 0.0181. The predicted octanol–water partition coefficient (Wildman–Crippen LogP) is 3.32. The monoisotopic (exact) mass is 467 g/mol. The van der Waals surface area contributed by atoms with Crippen LogP contribution in [0.3, 0.4) is 0 Å². The second kappa shape index (κ2) is 7.18. The molecule has 0 bridgehead atoms. The van der Waals surface area contributed by atoms with Gasteiger partial charge < -0.3 is 20.3 Å². The summed E-state index contributed by atoms with van der Waals surface area (Å²) in [4.78, 5) is 24.7. The molecule has 1 amide bonds. The van der Waals surface area contributed by atoms with Gasteiger partial charge in [-0.3, -0.25) is 9.59 Å². The highest BCUT2D eigenvalue weighted by atomic mass is 19.1. The molecule has 0 spiro atoms. The fourth-order valence-corrected chi connectivity index (χ4v) is 7.74. The number of halogens is 2. The van der Waals surface area contributed by atoms with E-state index in [4.69, 9.17) is 15.2 Å². The Bertz CT molecular complexity index is 949. The maximum Gasteiger partial charge on any atom is 0.253 e. The van der Waals surface area contributed by atoms with Crippen molar-refractivity contribution in [1.82, 2.24) is 0 Å². The number of ketones is 1. The smallest absolute Gasteiger partial charge is 0.253 e. The Morgan fingerprint density at radius 2 is 1.82 bits per heavy atom. The van der Waals surface area contributed by atoms with Crippen LogP contribution in [0.1, 0.15) is 60.8 Å². The van der Waals surface area contributed by atoms with Gasteiger partial charge in [-0.2, -0.15) is 0 Å². The fraction of sp³-hybridized carbons (Fsp3) is 0.760. The summed E-state index contributed by atoms with van der Waals surface area (Å²) < 4.78 is 44.6. The number of hydrogen-bond donors (Lipinski definition) is 2. The summed E-state index contributed by atoms with van der Waals surface area (Å²) in [5.74, 6) is -3.58. The average molecular weight is 468 g/mol. The van der Waals surface area contributed by atoms with Crippen molar-refractivity contribution in [1.29, 1.82) is 0 Å². The van der Waals surface area contributed by atoms with E-state index in [-0.39, 0.29) is 30.6 Å². The molecule has 5 aliphatic rings. The third kappa shape index (κ3) is 2.74. The van der Waals surface area contributed by atoms with Crippen molar-refractivity contribution in [2.45, 2.75) is 96.2 Å². The second-order valence-corrected chi connectivity index (χ2v) is 10.8. The molecule has 33 heavy (non-hydrogen) atoms. The first kappa shape index (κ1) is 24.5. The van der Waals surface area contributed by atoms with Gasteiger partial charge in [0.2, 0.25) is 0 Å². The van der Waals surface area contributed by atoms with E-state index in [0.29, 0.717) is 0 Å². The molecule has 0 aromatic rings. The molecule has 5 rings (SSSR count). The molecule has 4 fully saturated rings. The lowest BCUT2D eigenvalue weighted by Gasteiger charge is -2.63. The highest BCUT2D eigenvalue weighted by Crippen LogP contribution is 2.72. The molecule has 184 valence electrons. The van der Waals surface area contributed by atoms with Gasteiger partial charge in [0.15, 0.2) is 22.8 Å². The molecule has 6 nitrogen and oxygen atoms in total. The molecule has 1 saturated heterocycles. The van der Waals surface area contributed by atoms with E-state index >= 15 is 8.78 Å². The lowest BCUT2D eigenvalue weighted by Crippen LogP contribution is -2.71. The molecule has 3 N–H and O–H groups in total. The zero-order valence-corrected chi connectivity index (χ0v) is 20.2. The highest BCUT2D eigenvalue weighted by molar-refractivity contribution is 6.01. The van der Waals surface area contributed by atoms with Crippen LogP contribution in [0, 0.1) is 22.7 Å².